The Hall–Kier alpha value is -2.51. The van der Waals surface area contributed by atoms with Gasteiger partial charge in [0.25, 0.3) is 5.56 Å². The number of anilines is 1. The minimum absolute atomic E-state index is 0.0926. The van der Waals surface area contributed by atoms with Crippen LogP contribution in [0.15, 0.2) is 64.8 Å². The maximum Gasteiger partial charge on any atom is 0.275 e. The van der Waals surface area contributed by atoms with Gasteiger partial charge in [-0.15, -0.1) is 17.9 Å². The molecular weight excluding hydrogens is 400 g/mol. The molecule has 0 saturated carbocycles. The van der Waals surface area contributed by atoms with Crippen LogP contribution in [0, 0.1) is 0 Å². The number of aromatic nitrogens is 3. The van der Waals surface area contributed by atoms with E-state index in [0.717, 1.165) is 26.1 Å². The number of pyridine rings is 1. The van der Waals surface area contributed by atoms with E-state index >= 15 is 0 Å². The molecule has 5 nitrogen and oxygen atoms in total. The molecule has 4 aromatic rings. The highest BCUT2D eigenvalue weighted by molar-refractivity contribution is 9.10. The van der Waals surface area contributed by atoms with Crippen LogP contribution >= 0.6 is 27.3 Å². The summed E-state index contributed by atoms with van der Waals surface area (Å²) >= 11 is 4.77. The number of nitrogens with zero attached hydrogens (tertiary/aromatic N) is 3. The summed E-state index contributed by atoms with van der Waals surface area (Å²) in [6, 6.07) is 9.44. The molecule has 0 amide bonds. The first kappa shape index (κ1) is 16.0. The van der Waals surface area contributed by atoms with Crippen LogP contribution in [0.3, 0.4) is 0 Å². The van der Waals surface area contributed by atoms with Gasteiger partial charge in [-0.3, -0.25) is 9.36 Å². The van der Waals surface area contributed by atoms with Gasteiger partial charge in [0, 0.05) is 22.9 Å². The molecule has 124 valence electrons. The number of halogens is 1. The van der Waals surface area contributed by atoms with Crippen molar-refractivity contribution in [3.63, 3.8) is 0 Å². The Morgan fingerprint density at radius 2 is 2.04 bits per heavy atom. The van der Waals surface area contributed by atoms with Gasteiger partial charge in [0.2, 0.25) is 0 Å². The van der Waals surface area contributed by atoms with Gasteiger partial charge >= 0.3 is 0 Å². The largest absolute Gasteiger partial charge is 0.381 e. The first-order valence-corrected chi connectivity index (χ1v) is 9.19. The van der Waals surface area contributed by atoms with E-state index in [2.05, 4.69) is 37.8 Å². The summed E-state index contributed by atoms with van der Waals surface area (Å²) in [5.41, 5.74) is 2.27. The lowest BCUT2D eigenvalue weighted by molar-refractivity contribution is 0.967. The number of hydrogen-bond donors (Lipinski definition) is 1. The Labute approximate surface area is 155 Å². The molecule has 0 atom stereocenters. The maximum absolute atomic E-state index is 13.0. The van der Waals surface area contributed by atoms with Crippen molar-refractivity contribution in [2.45, 2.75) is 0 Å². The molecule has 0 aliphatic heterocycles. The monoisotopic (exact) mass is 412 g/mol. The Balaban J connectivity index is 1.96. The van der Waals surface area contributed by atoms with E-state index in [1.54, 1.807) is 23.2 Å². The quantitative estimate of drug-likeness (QED) is 0.506. The Kier molecular flexibility index (Phi) is 4.10. The lowest BCUT2D eigenvalue weighted by atomic mass is 10.2. The molecule has 0 radical (unpaired) electrons. The fourth-order valence-electron chi connectivity index (χ4n) is 2.67. The number of fused-ring (bicyclic) bond motifs is 3. The molecule has 0 fully saturated rings. The van der Waals surface area contributed by atoms with Gasteiger partial charge in [-0.1, -0.05) is 22.0 Å². The molecule has 3 heterocycles. The summed E-state index contributed by atoms with van der Waals surface area (Å²) in [6.07, 6.45) is 5.09. The molecule has 4 rings (SSSR count). The number of thiophene rings is 1. The first-order valence-electron chi connectivity index (χ1n) is 7.58. The molecule has 0 bridgehead atoms. The van der Waals surface area contributed by atoms with Gasteiger partial charge < -0.3 is 5.32 Å². The molecule has 0 aliphatic carbocycles. The van der Waals surface area contributed by atoms with Gasteiger partial charge in [-0.25, -0.2) is 9.97 Å². The predicted octanol–water partition coefficient (Wildman–Crippen LogP) is 4.36. The van der Waals surface area contributed by atoms with Crippen LogP contribution in [0.25, 0.3) is 26.1 Å². The molecule has 1 aromatic carbocycles. The van der Waals surface area contributed by atoms with Crippen LogP contribution in [-0.4, -0.2) is 21.1 Å². The second kappa shape index (κ2) is 6.42. The van der Waals surface area contributed by atoms with E-state index < -0.39 is 0 Å². The highest BCUT2D eigenvalue weighted by Gasteiger charge is 2.15. The summed E-state index contributed by atoms with van der Waals surface area (Å²) < 4.78 is 3.11. The van der Waals surface area contributed by atoms with Gasteiger partial charge in [0.15, 0.2) is 0 Å². The first-order chi connectivity index (χ1) is 12.2. The Morgan fingerprint density at radius 3 is 2.80 bits per heavy atom. The standard InChI is InChI=1S/C18H13BrN4OS/c1-2-8-20-13-7-9-21-17-14(13)15-16(25-17)18(24)23(10-22-15)12-5-3-11(19)4-6-12/h2-7,9-10H,1,8H2,(H,20,21). The van der Waals surface area contributed by atoms with Crippen LogP contribution in [0.5, 0.6) is 0 Å². The zero-order chi connectivity index (χ0) is 17.4. The smallest absolute Gasteiger partial charge is 0.275 e. The summed E-state index contributed by atoms with van der Waals surface area (Å²) in [6.45, 7) is 4.35. The van der Waals surface area contributed by atoms with Crippen molar-refractivity contribution in [2.24, 2.45) is 0 Å². The van der Waals surface area contributed by atoms with Crippen molar-refractivity contribution >= 4 is 53.4 Å². The van der Waals surface area contributed by atoms with Crippen molar-refractivity contribution in [1.29, 1.82) is 0 Å². The van der Waals surface area contributed by atoms with Crippen molar-refractivity contribution < 1.29 is 0 Å². The zero-order valence-corrected chi connectivity index (χ0v) is 15.5. The Morgan fingerprint density at radius 1 is 1.24 bits per heavy atom. The summed E-state index contributed by atoms with van der Waals surface area (Å²) in [7, 11) is 0. The highest BCUT2D eigenvalue weighted by Crippen LogP contribution is 2.34. The van der Waals surface area contributed by atoms with Gasteiger partial charge in [-0.05, 0) is 30.3 Å². The minimum Gasteiger partial charge on any atom is -0.381 e. The van der Waals surface area contributed by atoms with Crippen LogP contribution < -0.4 is 10.9 Å². The molecule has 25 heavy (non-hydrogen) atoms. The van der Waals surface area contributed by atoms with Crippen LogP contribution in [-0.2, 0) is 0 Å². The van der Waals surface area contributed by atoms with E-state index in [0.29, 0.717) is 16.8 Å². The fourth-order valence-corrected chi connectivity index (χ4v) is 3.98. The average molecular weight is 413 g/mol. The van der Waals surface area contributed by atoms with Crippen LogP contribution in [0.2, 0.25) is 0 Å². The molecule has 1 N–H and O–H groups in total. The average Bonchev–Trinajstić information content (AvgIpc) is 3.01. The SMILES string of the molecule is C=CCNc1ccnc2sc3c(=O)n(-c4ccc(Br)cc4)cnc3c12. The molecule has 7 heteroatoms. The maximum atomic E-state index is 13.0. The van der Waals surface area contributed by atoms with E-state index in [9.17, 15) is 4.79 Å². The minimum atomic E-state index is -0.0926. The number of hydrogen-bond acceptors (Lipinski definition) is 5. The van der Waals surface area contributed by atoms with Crippen LogP contribution in [0.4, 0.5) is 5.69 Å². The Bertz CT molecular complexity index is 1150. The predicted molar refractivity (Wildman–Crippen MR) is 107 cm³/mol. The molecule has 0 aliphatic rings. The zero-order valence-electron chi connectivity index (χ0n) is 13.1. The molecule has 0 spiro atoms. The third-order valence-electron chi connectivity index (χ3n) is 3.82. The van der Waals surface area contributed by atoms with E-state index in [-0.39, 0.29) is 5.56 Å². The normalized spacial score (nSPS) is 11.1. The second-order valence-electron chi connectivity index (χ2n) is 5.38. The lowest BCUT2D eigenvalue weighted by Crippen LogP contribution is -2.17. The van der Waals surface area contributed by atoms with Crippen molar-refractivity contribution in [1.82, 2.24) is 14.5 Å². The summed E-state index contributed by atoms with van der Waals surface area (Å²) in [5, 5.41) is 4.16. The van der Waals surface area contributed by atoms with Crippen molar-refractivity contribution in [2.75, 3.05) is 11.9 Å². The van der Waals surface area contributed by atoms with Gasteiger partial charge in [-0.2, -0.15) is 0 Å². The summed E-state index contributed by atoms with van der Waals surface area (Å²) in [5.74, 6) is 0. The topological polar surface area (TPSA) is 59.8 Å². The lowest BCUT2D eigenvalue weighted by Gasteiger charge is -2.06. The molecule has 0 unspecified atom stereocenters. The van der Waals surface area contributed by atoms with Gasteiger partial charge in [0.05, 0.1) is 16.6 Å². The summed E-state index contributed by atoms with van der Waals surface area (Å²) in [4.78, 5) is 22.7. The van der Waals surface area contributed by atoms with E-state index in [1.807, 2.05) is 30.3 Å². The molecular formula is C18H13BrN4OS. The molecule has 3 aromatic heterocycles. The molecule has 0 saturated heterocycles. The van der Waals surface area contributed by atoms with Crippen LogP contribution in [0.1, 0.15) is 0 Å². The third-order valence-corrected chi connectivity index (χ3v) is 5.43. The van der Waals surface area contributed by atoms with E-state index in [1.165, 1.54) is 11.3 Å². The third kappa shape index (κ3) is 2.75. The number of nitrogens with one attached hydrogen (secondary N) is 1. The fraction of sp³-hybridized carbons (Fsp3) is 0.0556. The van der Waals surface area contributed by atoms with Crippen molar-refractivity contribution in [3.05, 3.63) is 70.3 Å². The number of benzene rings is 1. The van der Waals surface area contributed by atoms with Gasteiger partial charge in [0.1, 0.15) is 15.9 Å². The van der Waals surface area contributed by atoms with Crippen molar-refractivity contribution in [3.8, 4) is 5.69 Å². The second-order valence-corrected chi connectivity index (χ2v) is 7.30. The highest BCUT2D eigenvalue weighted by atomic mass is 79.9. The number of rotatable bonds is 4. The van der Waals surface area contributed by atoms with E-state index in [4.69, 9.17) is 0 Å².